The Morgan fingerprint density at radius 1 is 1.25 bits per heavy atom. The lowest BCUT2D eigenvalue weighted by molar-refractivity contribution is -0.129. The Morgan fingerprint density at radius 2 is 1.75 bits per heavy atom. The van der Waals surface area contributed by atoms with Gasteiger partial charge in [0, 0.05) is 26.3 Å². The van der Waals surface area contributed by atoms with Gasteiger partial charge in [-0.2, -0.15) is 0 Å². The van der Waals surface area contributed by atoms with E-state index in [1.807, 2.05) is 13.8 Å². The molecule has 0 saturated carbocycles. The number of likely N-dealkylation sites (tertiary alicyclic amines) is 1. The SMILES string of the molecule is CCO[C@H]1CN(C(=O)CNC)C[C@H]1OCC. The first-order valence-electron chi connectivity index (χ1n) is 5.88. The van der Waals surface area contributed by atoms with Gasteiger partial charge in [-0.3, -0.25) is 4.79 Å². The summed E-state index contributed by atoms with van der Waals surface area (Å²) in [4.78, 5) is 13.5. The molecule has 0 aliphatic carbocycles. The molecule has 0 aromatic rings. The van der Waals surface area contributed by atoms with Crippen molar-refractivity contribution in [2.24, 2.45) is 0 Å². The molecule has 1 aliphatic heterocycles. The van der Waals surface area contributed by atoms with E-state index in [0.717, 1.165) is 0 Å². The highest BCUT2D eigenvalue weighted by Gasteiger charge is 2.35. The average molecular weight is 230 g/mol. The van der Waals surface area contributed by atoms with E-state index in [-0.39, 0.29) is 18.1 Å². The molecule has 1 fully saturated rings. The van der Waals surface area contributed by atoms with Crippen molar-refractivity contribution in [2.75, 3.05) is 39.9 Å². The zero-order valence-electron chi connectivity index (χ0n) is 10.4. The second kappa shape index (κ2) is 6.83. The fourth-order valence-electron chi connectivity index (χ4n) is 1.96. The molecule has 2 atom stereocenters. The van der Waals surface area contributed by atoms with E-state index in [9.17, 15) is 4.79 Å². The fourth-order valence-corrected chi connectivity index (χ4v) is 1.96. The van der Waals surface area contributed by atoms with E-state index in [1.165, 1.54) is 0 Å². The summed E-state index contributed by atoms with van der Waals surface area (Å²) in [5.74, 6) is 0.106. The fraction of sp³-hybridized carbons (Fsp3) is 0.909. The molecule has 1 saturated heterocycles. The number of rotatable bonds is 6. The summed E-state index contributed by atoms with van der Waals surface area (Å²) in [6.07, 6.45) is 0.0384. The Balaban J connectivity index is 2.50. The minimum absolute atomic E-state index is 0.0192. The number of amides is 1. The number of nitrogens with one attached hydrogen (secondary N) is 1. The summed E-state index contributed by atoms with van der Waals surface area (Å²) in [6.45, 7) is 6.88. The number of carbonyl (C=O) groups is 1. The second-order valence-electron chi connectivity index (χ2n) is 3.82. The van der Waals surface area contributed by atoms with Gasteiger partial charge in [-0.25, -0.2) is 0 Å². The molecule has 0 bridgehead atoms. The van der Waals surface area contributed by atoms with Crippen LogP contribution < -0.4 is 5.32 Å². The van der Waals surface area contributed by atoms with Crippen molar-refractivity contribution in [1.82, 2.24) is 10.2 Å². The molecule has 0 radical (unpaired) electrons. The minimum Gasteiger partial charge on any atom is -0.374 e. The third-order valence-corrected chi connectivity index (χ3v) is 2.66. The van der Waals surface area contributed by atoms with Crippen LogP contribution in [-0.2, 0) is 14.3 Å². The molecule has 1 heterocycles. The topological polar surface area (TPSA) is 50.8 Å². The van der Waals surface area contributed by atoms with Crippen molar-refractivity contribution in [3.05, 3.63) is 0 Å². The molecule has 5 heteroatoms. The van der Waals surface area contributed by atoms with Crippen LogP contribution in [0, 0.1) is 0 Å². The Hall–Kier alpha value is -0.650. The molecule has 1 amide bonds. The summed E-state index contributed by atoms with van der Waals surface area (Å²) >= 11 is 0. The van der Waals surface area contributed by atoms with Crippen molar-refractivity contribution in [2.45, 2.75) is 26.1 Å². The van der Waals surface area contributed by atoms with Gasteiger partial charge in [0.1, 0.15) is 12.2 Å². The number of carbonyl (C=O) groups excluding carboxylic acids is 1. The zero-order chi connectivity index (χ0) is 12.0. The largest absolute Gasteiger partial charge is 0.374 e. The molecule has 5 nitrogen and oxygen atoms in total. The molecule has 1 aliphatic rings. The lowest BCUT2D eigenvalue weighted by Crippen LogP contribution is -2.36. The predicted octanol–water partition coefficient (Wildman–Crippen LogP) is -0.142. The third kappa shape index (κ3) is 3.43. The average Bonchev–Trinajstić information content (AvgIpc) is 2.64. The van der Waals surface area contributed by atoms with Gasteiger partial charge in [-0.05, 0) is 20.9 Å². The van der Waals surface area contributed by atoms with E-state index in [0.29, 0.717) is 32.8 Å². The summed E-state index contributed by atoms with van der Waals surface area (Å²) in [5, 5.41) is 2.87. The molecular weight excluding hydrogens is 208 g/mol. The molecular formula is C11H22N2O3. The van der Waals surface area contributed by atoms with E-state index in [4.69, 9.17) is 9.47 Å². The van der Waals surface area contributed by atoms with Crippen LogP contribution in [0.4, 0.5) is 0 Å². The van der Waals surface area contributed by atoms with Crippen molar-refractivity contribution < 1.29 is 14.3 Å². The van der Waals surface area contributed by atoms with Crippen LogP contribution in [0.25, 0.3) is 0 Å². The maximum atomic E-state index is 11.7. The highest BCUT2D eigenvalue weighted by atomic mass is 16.5. The van der Waals surface area contributed by atoms with Crippen LogP contribution in [0.3, 0.4) is 0 Å². The summed E-state index contributed by atoms with van der Waals surface area (Å²) < 4.78 is 11.2. The van der Waals surface area contributed by atoms with E-state index in [2.05, 4.69) is 5.32 Å². The maximum absolute atomic E-state index is 11.7. The molecule has 0 aromatic heterocycles. The molecule has 0 unspecified atom stereocenters. The Morgan fingerprint density at radius 3 is 2.12 bits per heavy atom. The number of ether oxygens (including phenoxy) is 2. The normalized spacial score (nSPS) is 25.1. The summed E-state index contributed by atoms with van der Waals surface area (Å²) in [6, 6.07) is 0. The Kier molecular flexibility index (Phi) is 5.73. The molecule has 16 heavy (non-hydrogen) atoms. The van der Waals surface area contributed by atoms with Gasteiger partial charge in [-0.1, -0.05) is 0 Å². The molecule has 0 aromatic carbocycles. The molecule has 94 valence electrons. The van der Waals surface area contributed by atoms with E-state index in [1.54, 1.807) is 11.9 Å². The smallest absolute Gasteiger partial charge is 0.236 e. The van der Waals surface area contributed by atoms with Crippen LogP contribution in [0.1, 0.15) is 13.8 Å². The van der Waals surface area contributed by atoms with Crippen LogP contribution in [0.5, 0.6) is 0 Å². The minimum atomic E-state index is 0.0192. The lowest BCUT2D eigenvalue weighted by Gasteiger charge is -2.17. The van der Waals surface area contributed by atoms with Crippen molar-refractivity contribution in [3.8, 4) is 0 Å². The first kappa shape index (κ1) is 13.4. The standard InChI is InChI=1S/C11H22N2O3/c1-4-15-9-7-13(11(14)6-12-3)8-10(9)16-5-2/h9-10,12H,4-8H2,1-3H3/t9-,10+. The van der Waals surface area contributed by atoms with Gasteiger partial charge in [-0.15, -0.1) is 0 Å². The first-order valence-corrected chi connectivity index (χ1v) is 5.88. The van der Waals surface area contributed by atoms with Gasteiger partial charge in [0.2, 0.25) is 5.91 Å². The maximum Gasteiger partial charge on any atom is 0.236 e. The van der Waals surface area contributed by atoms with Crippen LogP contribution in [-0.4, -0.2) is 62.9 Å². The highest BCUT2D eigenvalue weighted by Crippen LogP contribution is 2.16. The molecule has 1 N–H and O–H groups in total. The first-order chi connectivity index (χ1) is 7.72. The second-order valence-corrected chi connectivity index (χ2v) is 3.82. The van der Waals surface area contributed by atoms with Gasteiger partial charge in [0.05, 0.1) is 6.54 Å². The number of nitrogens with zero attached hydrogens (tertiary/aromatic N) is 1. The van der Waals surface area contributed by atoms with E-state index >= 15 is 0 Å². The number of likely N-dealkylation sites (N-methyl/N-ethyl adjacent to an activating group) is 1. The Bertz CT molecular complexity index is 209. The summed E-state index contributed by atoms with van der Waals surface area (Å²) in [5.41, 5.74) is 0. The van der Waals surface area contributed by atoms with E-state index < -0.39 is 0 Å². The quantitative estimate of drug-likeness (QED) is 0.690. The van der Waals surface area contributed by atoms with Gasteiger partial charge < -0.3 is 19.7 Å². The predicted molar refractivity (Wildman–Crippen MR) is 61.3 cm³/mol. The highest BCUT2D eigenvalue weighted by molar-refractivity contribution is 5.78. The number of hydrogen-bond acceptors (Lipinski definition) is 4. The third-order valence-electron chi connectivity index (χ3n) is 2.66. The molecule has 1 rings (SSSR count). The number of hydrogen-bond donors (Lipinski definition) is 1. The Labute approximate surface area is 97.1 Å². The van der Waals surface area contributed by atoms with Crippen molar-refractivity contribution in [3.63, 3.8) is 0 Å². The zero-order valence-corrected chi connectivity index (χ0v) is 10.4. The van der Waals surface area contributed by atoms with Gasteiger partial charge in [0.15, 0.2) is 0 Å². The van der Waals surface area contributed by atoms with Crippen LogP contribution in [0.15, 0.2) is 0 Å². The van der Waals surface area contributed by atoms with Crippen molar-refractivity contribution >= 4 is 5.91 Å². The van der Waals surface area contributed by atoms with Gasteiger partial charge >= 0.3 is 0 Å². The van der Waals surface area contributed by atoms with Crippen LogP contribution >= 0.6 is 0 Å². The van der Waals surface area contributed by atoms with Gasteiger partial charge in [0.25, 0.3) is 0 Å². The molecule has 0 spiro atoms. The van der Waals surface area contributed by atoms with Crippen molar-refractivity contribution in [1.29, 1.82) is 0 Å². The van der Waals surface area contributed by atoms with Crippen LogP contribution in [0.2, 0.25) is 0 Å². The monoisotopic (exact) mass is 230 g/mol. The lowest BCUT2D eigenvalue weighted by atomic mass is 10.2. The summed E-state index contributed by atoms with van der Waals surface area (Å²) in [7, 11) is 1.77.